The molecule has 1 atom stereocenters. The van der Waals surface area contributed by atoms with Gasteiger partial charge in [-0.2, -0.15) is 0 Å². The minimum atomic E-state index is -3.88. The van der Waals surface area contributed by atoms with Crippen LogP contribution in [0.3, 0.4) is 0 Å². The van der Waals surface area contributed by atoms with Gasteiger partial charge in [0.15, 0.2) is 5.69 Å². The molecule has 0 bridgehead atoms. The Hall–Kier alpha value is -4.56. The van der Waals surface area contributed by atoms with Gasteiger partial charge in [-0.25, -0.2) is 27.5 Å². The van der Waals surface area contributed by atoms with E-state index in [2.05, 4.69) is 10.3 Å². The van der Waals surface area contributed by atoms with Crippen molar-refractivity contribution < 1.29 is 22.4 Å². The Morgan fingerprint density at radius 1 is 1.04 bits per heavy atom. The second-order valence-electron chi connectivity index (χ2n) is 11.3. The average molecular weight is 670 g/mol. The average Bonchev–Trinajstić information content (AvgIpc) is 2.99. The number of piperazine rings is 1. The van der Waals surface area contributed by atoms with Crippen molar-refractivity contribution in [1.29, 1.82) is 0 Å². The number of anilines is 2. The minimum absolute atomic E-state index is 0.00581. The van der Waals surface area contributed by atoms with E-state index in [1.807, 2.05) is 22.6 Å². The molecule has 0 unspecified atom stereocenters. The van der Waals surface area contributed by atoms with Crippen molar-refractivity contribution in [3.8, 4) is 11.4 Å². The molecular weight excluding hydrogens is 637 g/mol. The highest BCUT2D eigenvalue weighted by molar-refractivity contribution is 7.89. The summed E-state index contributed by atoms with van der Waals surface area (Å²) < 4.78 is 42.4. The zero-order valence-electron chi connectivity index (χ0n) is 25.9. The fourth-order valence-electron chi connectivity index (χ4n) is 5.54. The Morgan fingerprint density at radius 3 is 2.37 bits per heavy atom. The molecule has 5 rings (SSSR count). The molecule has 1 aliphatic heterocycles. The topological polar surface area (TPSA) is 147 Å². The van der Waals surface area contributed by atoms with Crippen LogP contribution in [-0.2, 0) is 21.9 Å². The Labute approximate surface area is 270 Å². The molecule has 12 nitrogen and oxygen atoms in total. The lowest BCUT2D eigenvalue weighted by Gasteiger charge is -2.35. The summed E-state index contributed by atoms with van der Waals surface area (Å²) in [6, 6.07) is 10.7. The number of carbonyl (C=O) groups is 2. The zero-order valence-corrected chi connectivity index (χ0v) is 27.5. The van der Waals surface area contributed by atoms with Crippen molar-refractivity contribution in [3.05, 3.63) is 80.6 Å². The Bertz CT molecular complexity index is 2050. The van der Waals surface area contributed by atoms with Gasteiger partial charge in [-0.05, 0) is 55.8 Å². The van der Waals surface area contributed by atoms with Crippen LogP contribution in [0, 0.1) is 12.7 Å². The number of aryl methyl sites for hydroxylation is 1. The number of sulfonamides is 1. The number of nitrogens with zero attached hydrogens (tertiary/aromatic N) is 5. The molecule has 0 aliphatic carbocycles. The molecule has 0 saturated carbocycles. The second-order valence-corrected chi connectivity index (χ2v) is 13.4. The van der Waals surface area contributed by atoms with Crippen molar-refractivity contribution >= 4 is 55.7 Å². The smallest absolute Gasteiger partial charge is 0.285 e. The summed E-state index contributed by atoms with van der Waals surface area (Å²) in [5, 5.41) is 3.47. The number of aromatic nitrogens is 3. The van der Waals surface area contributed by atoms with Gasteiger partial charge in [0.25, 0.3) is 11.5 Å². The highest BCUT2D eigenvalue weighted by atomic mass is 35.5. The van der Waals surface area contributed by atoms with Crippen molar-refractivity contribution in [3.63, 3.8) is 0 Å². The number of fused-ring (bicyclic) bond motifs is 1. The first kappa shape index (κ1) is 32.8. The number of benzene rings is 2. The highest BCUT2D eigenvalue weighted by Crippen LogP contribution is 2.31. The molecule has 3 heterocycles. The molecule has 46 heavy (non-hydrogen) atoms. The summed E-state index contributed by atoms with van der Waals surface area (Å²) in [4.78, 5) is 50.6. The van der Waals surface area contributed by atoms with E-state index in [-0.39, 0.29) is 39.4 Å². The molecule has 15 heteroatoms. The summed E-state index contributed by atoms with van der Waals surface area (Å²) in [5.74, 6) is -1.39. The summed E-state index contributed by atoms with van der Waals surface area (Å²) in [6.07, 6.45) is 0.848. The maximum absolute atomic E-state index is 15.7. The van der Waals surface area contributed by atoms with Crippen LogP contribution in [0.5, 0.6) is 0 Å². The fraction of sp³-hybridized carbons (Fsp3) is 0.323. The molecule has 4 aromatic rings. The molecule has 1 aliphatic rings. The lowest BCUT2D eigenvalue weighted by atomic mass is 10.0. The maximum atomic E-state index is 15.7. The molecule has 2 aromatic heterocycles. The quantitative estimate of drug-likeness (QED) is 0.282. The number of rotatable bonds is 7. The van der Waals surface area contributed by atoms with Crippen LogP contribution >= 0.6 is 11.6 Å². The van der Waals surface area contributed by atoms with Gasteiger partial charge in [-0.15, -0.1) is 0 Å². The molecule has 1 saturated heterocycles. The highest BCUT2D eigenvalue weighted by Gasteiger charge is 2.24. The SMILES string of the molecule is CC(=O)N1CCN(c2ccc(-c3nc4c([C@@H](C)Nc5ccc(Cl)nc5C(=O)NS(C)(=O)=O)cc(C)cc4c(=O)n3C)c(F)c2)CC1. The van der Waals surface area contributed by atoms with E-state index >= 15 is 4.39 Å². The monoisotopic (exact) mass is 669 g/mol. The van der Waals surface area contributed by atoms with Gasteiger partial charge in [0.2, 0.25) is 15.9 Å². The first-order valence-electron chi connectivity index (χ1n) is 14.4. The van der Waals surface area contributed by atoms with Crippen molar-refractivity contribution in [2.45, 2.75) is 26.8 Å². The largest absolute Gasteiger partial charge is 0.377 e. The van der Waals surface area contributed by atoms with Crippen LogP contribution in [0.15, 0.2) is 47.3 Å². The van der Waals surface area contributed by atoms with Gasteiger partial charge in [0.05, 0.1) is 34.5 Å². The van der Waals surface area contributed by atoms with Crippen LogP contribution in [0.4, 0.5) is 15.8 Å². The van der Waals surface area contributed by atoms with Gasteiger partial charge in [0, 0.05) is 51.4 Å². The molecule has 0 spiro atoms. The lowest BCUT2D eigenvalue weighted by Crippen LogP contribution is -2.48. The van der Waals surface area contributed by atoms with Gasteiger partial charge >= 0.3 is 0 Å². The molecule has 0 radical (unpaired) electrons. The number of carbonyl (C=O) groups excluding carboxylic acids is 2. The van der Waals surface area contributed by atoms with E-state index in [0.29, 0.717) is 48.3 Å². The van der Waals surface area contributed by atoms with Gasteiger partial charge in [0.1, 0.15) is 16.8 Å². The molecule has 2 N–H and O–H groups in total. The van der Waals surface area contributed by atoms with Gasteiger partial charge in [-0.3, -0.25) is 19.0 Å². The maximum Gasteiger partial charge on any atom is 0.285 e. The number of hydrogen-bond donors (Lipinski definition) is 2. The normalized spacial score (nSPS) is 14.3. The summed E-state index contributed by atoms with van der Waals surface area (Å²) in [7, 11) is -2.34. The van der Waals surface area contributed by atoms with E-state index in [9.17, 15) is 22.8 Å². The third-order valence-electron chi connectivity index (χ3n) is 7.83. The number of amides is 2. The third-order valence-corrected chi connectivity index (χ3v) is 8.60. The lowest BCUT2D eigenvalue weighted by molar-refractivity contribution is -0.129. The Kier molecular flexibility index (Phi) is 9.05. The van der Waals surface area contributed by atoms with Gasteiger partial charge < -0.3 is 15.1 Å². The zero-order chi connectivity index (χ0) is 33.5. The van der Waals surface area contributed by atoms with Crippen molar-refractivity contribution in [2.75, 3.05) is 42.7 Å². The third kappa shape index (κ3) is 6.82. The predicted octanol–water partition coefficient (Wildman–Crippen LogP) is 3.63. The number of nitrogens with one attached hydrogen (secondary N) is 2. The standard InChI is InChI=1S/C31H33ClFN7O5S/c1-17-14-22(18(2)34-25-8-9-26(32)35-28(25)30(42)37-46(5,44)45)27-23(15-17)31(43)38(4)29(36-27)21-7-6-20(16-24(21)33)40-12-10-39(11-13-40)19(3)41/h6-9,14-16,18,34H,10-13H2,1-5H3,(H,37,42)/t18-/m1/s1. The van der Waals surface area contributed by atoms with Crippen molar-refractivity contribution in [1.82, 2.24) is 24.2 Å². The Morgan fingerprint density at radius 2 is 1.74 bits per heavy atom. The number of hydrogen-bond acceptors (Lipinski definition) is 9. The number of halogens is 2. The Balaban J connectivity index is 1.53. The van der Waals surface area contributed by atoms with Crippen LogP contribution in [0.25, 0.3) is 22.3 Å². The van der Waals surface area contributed by atoms with Crippen LogP contribution in [0.2, 0.25) is 5.15 Å². The molecule has 242 valence electrons. The molecule has 2 aromatic carbocycles. The van der Waals surface area contributed by atoms with E-state index < -0.39 is 27.8 Å². The van der Waals surface area contributed by atoms with Crippen LogP contribution in [0.1, 0.15) is 41.5 Å². The number of pyridine rings is 1. The van der Waals surface area contributed by atoms with Crippen LogP contribution < -0.4 is 20.5 Å². The molecular formula is C31H33ClFN7O5S. The molecule has 1 fully saturated rings. The summed E-state index contributed by atoms with van der Waals surface area (Å²) in [5.41, 5.74) is 2.07. The summed E-state index contributed by atoms with van der Waals surface area (Å²) in [6.45, 7) is 7.36. The predicted molar refractivity (Wildman–Crippen MR) is 175 cm³/mol. The summed E-state index contributed by atoms with van der Waals surface area (Å²) >= 11 is 6.01. The van der Waals surface area contributed by atoms with Crippen molar-refractivity contribution in [2.24, 2.45) is 7.05 Å². The van der Waals surface area contributed by atoms with Crippen LogP contribution in [-0.4, -0.2) is 72.1 Å². The molecule has 2 amide bonds. The minimum Gasteiger partial charge on any atom is -0.377 e. The first-order valence-corrected chi connectivity index (χ1v) is 16.7. The van der Waals surface area contributed by atoms with E-state index in [4.69, 9.17) is 16.6 Å². The second kappa shape index (κ2) is 12.7. The first-order chi connectivity index (χ1) is 21.6. The van der Waals surface area contributed by atoms with E-state index in [1.54, 1.807) is 30.0 Å². The van der Waals surface area contributed by atoms with Gasteiger partial charge in [-0.1, -0.05) is 17.7 Å². The van der Waals surface area contributed by atoms with E-state index in [1.165, 1.54) is 36.7 Å². The van der Waals surface area contributed by atoms with E-state index in [0.717, 1.165) is 11.8 Å². The fourth-order valence-corrected chi connectivity index (χ4v) is 6.12.